The molecular weight excluding hydrogens is 324 g/mol. The zero-order valence-electron chi connectivity index (χ0n) is 15.0. The Hall–Kier alpha value is -2.62. The maximum Gasteiger partial charge on any atom is 0.182 e. The molecule has 3 aromatic carbocycles. The van der Waals surface area contributed by atoms with Gasteiger partial charge in [0.1, 0.15) is 5.75 Å². The highest BCUT2D eigenvalue weighted by atomic mass is 16.5. The van der Waals surface area contributed by atoms with E-state index in [1.165, 1.54) is 0 Å². The molecule has 0 bridgehead atoms. The average molecular weight is 348 g/mol. The number of phenolic OH excluding ortho intramolecular Hbond substituents is 1. The molecule has 0 aromatic heterocycles. The topological polar surface area (TPSA) is 60.7 Å². The molecular formula is C23H24O3. The minimum Gasteiger partial charge on any atom is -0.507 e. The Bertz CT molecular complexity index is 857. The monoisotopic (exact) mass is 348 g/mol. The smallest absolute Gasteiger partial charge is 0.182 e. The van der Waals surface area contributed by atoms with Gasteiger partial charge in [0.05, 0.1) is 0 Å². The summed E-state index contributed by atoms with van der Waals surface area (Å²) in [4.78, 5) is 0. The molecule has 0 spiro atoms. The Morgan fingerprint density at radius 3 is 1.58 bits per heavy atom. The van der Waals surface area contributed by atoms with Crippen molar-refractivity contribution in [3.05, 3.63) is 101 Å². The van der Waals surface area contributed by atoms with E-state index in [4.69, 9.17) is 0 Å². The number of hydrogen-bond donors (Lipinski definition) is 3. The quantitative estimate of drug-likeness (QED) is 0.587. The number of aliphatic hydroxyl groups is 2. The van der Waals surface area contributed by atoms with Crippen LogP contribution in [-0.2, 0) is 0 Å². The first kappa shape index (κ1) is 18.2. The number of aliphatic hydroxyl groups excluding tert-OH is 1. The van der Waals surface area contributed by atoms with Crippen molar-refractivity contribution < 1.29 is 15.3 Å². The minimum atomic E-state index is -1.72. The second-order valence-corrected chi connectivity index (χ2v) is 6.69. The van der Waals surface area contributed by atoms with Gasteiger partial charge < -0.3 is 15.3 Å². The van der Waals surface area contributed by atoms with E-state index < -0.39 is 6.29 Å². The van der Waals surface area contributed by atoms with E-state index in [1.54, 1.807) is 6.07 Å². The third-order valence-corrected chi connectivity index (χ3v) is 5.04. The van der Waals surface area contributed by atoms with E-state index in [0.717, 1.165) is 16.7 Å². The maximum absolute atomic E-state index is 10.6. The van der Waals surface area contributed by atoms with Gasteiger partial charge in [0, 0.05) is 23.0 Å². The number of benzene rings is 3. The van der Waals surface area contributed by atoms with Gasteiger partial charge in [0.2, 0.25) is 0 Å². The van der Waals surface area contributed by atoms with Crippen LogP contribution >= 0.6 is 0 Å². The highest BCUT2D eigenvalue weighted by molar-refractivity contribution is 5.51. The number of rotatable bonds is 5. The van der Waals surface area contributed by atoms with Crippen LogP contribution in [0.3, 0.4) is 0 Å². The Balaban J connectivity index is 2.11. The fourth-order valence-electron chi connectivity index (χ4n) is 3.34. The first-order valence-corrected chi connectivity index (χ1v) is 8.81. The van der Waals surface area contributed by atoms with Crippen molar-refractivity contribution in [2.24, 2.45) is 0 Å². The summed E-state index contributed by atoms with van der Waals surface area (Å²) < 4.78 is 0. The van der Waals surface area contributed by atoms with E-state index in [-0.39, 0.29) is 23.1 Å². The van der Waals surface area contributed by atoms with Gasteiger partial charge in [-0.25, -0.2) is 0 Å². The standard InChI is InChI=1S/C23H24O3/c1-15(17-9-5-3-6-10-17)19-13-20(22(24)21(14-19)23(25)26)16(2)18-11-7-4-8-12-18/h3-16,23-26H,1-2H3. The van der Waals surface area contributed by atoms with Crippen LogP contribution in [0.15, 0.2) is 72.8 Å². The lowest BCUT2D eigenvalue weighted by atomic mass is 9.85. The van der Waals surface area contributed by atoms with Crippen LogP contribution in [0.4, 0.5) is 0 Å². The van der Waals surface area contributed by atoms with Crippen molar-refractivity contribution in [2.75, 3.05) is 0 Å². The molecule has 0 saturated carbocycles. The van der Waals surface area contributed by atoms with Crippen molar-refractivity contribution in [3.8, 4) is 5.75 Å². The molecule has 2 unspecified atom stereocenters. The second-order valence-electron chi connectivity index (χ2n) is 6.69. The van der Waals surface area contributed by atoms with E-state index in [1.807, 2.05) is 73.7 Å². The molecule has 3 heteroatoms. The van der Waals surface area contributed by atoms with E-state index in [2.05, 4.69) is 6.92 Å². The second kappa shape index (κ2) is 7.73. The molecule has 26 heavy (non-hydrogen) atoms. The highest BCUT2D eigenvalue weighted by Crippen LogP contribution is 2.39. The van der Waals surface area contributed by atoms with Crippen LogP contribution < -0.4 is 0 Å². The predicted octanol–water partition coefficient (Wildman–Crippen LogP) is 4.68. The Morgan fingerprint density at radius 1 is 0.615 bits per heavy atom. The lowest BCUT2D eigenvalue weighted by Crippen LogP contribution is -2.06. The zero-order valence-corrected chi connectivity index (χ0v) is 15.0. The van der Waals surface area contributed by atoms with Gasteiger partial charge in [-0.05, 0) is 22.8 Å². The van der Waals surface area contributed by atoms with Gasteiger partial charge in [0.15, 0.2) is 6.29 Å². The Morgan fingerprint density at radius 2 is 1.08 bits per heavy atom. The molecule has 0 fully saturated rings. The van der Waals surface area contributed by atoms with Crippen molar-refractivity contribution in [2.45, 2.75) is 32.0 Å². The molecule has 0 saturated heterocycles. The van der Waals surface area contributed by atoms with Crippen LogP contribution in [0, 0.1) is 0 Å². The first-order chi connectivity index (χ1) is 12.5. The molecule has 0 radical (unpaired) electrons. The summed E-state index contributed by atoms with van der Waals surface area (Å²) in [5.74, 6) is -0.0620. The molecule has 3 rings (SSSR count). The number of phenols is 1. The van der Waals surface area contributed by atoms with Gasteiger partial charge >= 0.3 is 0 Å². The average Bonchev–Trinajstić information content (AvgIpc) is 2.68. The lowest BCUT2D eigenvalue weighted by molar-refractivity contribution is -0.0440. The summed E-state index contributed by atoms with van der Waals surface area (Å²) in [7, 11) is 0. The van der Waals surface area contributed by atoms with Gasteiger partial charge in [-0.15, -0.1) is 0 Å². The molecule has 0 aliphatic carbocycles. The summed E-state index contributed by atoms with van der Waals surface area (Å²) in [5.41, 5.74) is 3.97. The van der Waals surface area contributed by atoms with Gasteiger partial charge in [-0.3, -0.25) is 0 Å². The van der Waals surface area contributed by atoms with Gasteiger partial charge in [-0.1, -0.05) is 80.6 Å². The number of hydrogen-bond acceptors (Lipinski definition) is 3. The Kier molecular flexibility index (Phi) is 5.40. The largest absolute Gasteiger partial charge is 0.507 e. The van der Waals surface area contributed by atoms with Crippen LogP contribution in [0.5, 0.6) is 5.75 Å². The zero-order chi connectivity index (χ0) is 18.7. The highest BCUT2D eigenvalue weighted by Gasteiger charge is 2.22. The van der Waals surface area contributed by atoms with Crippen molar-refractivity contribution >= 4 is 0 Å². The van der Waals surface area contributed by atoms with Crippen LogP contribution in [0.2, 0.25) is 0 Å². The molecule has 3 nitrogen and oxygen atoms in total. The molecule has 3 N–H and O–H groups in total. The molecule has 3 aromatic rings. The summed E-state index contributed by atoms with van der Waals surface area (Å²) in [5, 5.41) is 30.2. The normalized spacial score (nSPS) is 13.6. The van der Waals surface area contributed by atoms with E-state index in [9.17, 15) is 15.3 Å². The third kappa shape index (κ3) is 3.64. The molecule has 134 valence electrons. The van der Waals surface area contributed by atoms with E-state index >= 15 is 0 Å². The fourth-order valence-corrected chi connectivity index (χ4v) is 3.34. The summed E-state index contributed by atoms with van der Waals surface area (Å²) in [6.07, 6.45) is -1.72. The molecule has 0 aliphatic heterocycles. The van der Waals surface area contributed by atoms with Crippen molar-refractivity contribution in [3.63, 3.8) is 0 Å². The summed E-state index contributed by atoms with van der Waals surface area (Å²) >= 11 is 0. The van der Waals surface area contributed by atoms with Crippen LogP contribution in [0.1, 0.15) is 59.8 Å². The maximum atomic E-state index is 10.6. The fraction of sp³-hybridized carbons (Fsp3) is 0.217. The first-order valence-electron chi connectivity index (χ1n) is 8.81. The van der Waals surface area contributed by atoms with E-state index in [0.29, 0.717) is 5.56 Å². The third-order valence-electron chi connectivity index (χ3n) is 5.04. The molecule has 0 aliphatic rings. The van der Waals surface area contributed by atoms with Gasteiger partial charge in [0.25, 0.3) is 0 Å². The Labute approximate surface area is 154 Å². The van der Waals surface area contributed by atoms with Crippen molar-refractivity contribution in [1.82, 2.24) is 0 Å². The van der Waals surface area contributed by atoms with Crippen LogP contribution in [-0.4, -0.2) is 15.3 Å². The molecule has 0 heterocycles. The minimum absolute atomic E-state index is 0.0552. The van der Waals surface area contributed by atoms with Gasteiger partial charge in [-0.2, -0.15) is 0 Å². The SMILES string of the molecule is CC(c1ccccc1)c1cc(C(O)O)c(O)c(C(C)c2ccccc2)c1. The summed E-state index contributed by atoms with van der Waals surface area (Å²) in [6.45, 7) is 4.08. The van der Waals surface area contributed by atoms with Crippen molar-refractivity contribution in [1.29, 1.82) is 0 Å². The molecule has 0 amide bonds. The lowest BCUT2D eigenvalue weighted by Gasteiger charge is -2.22. The number of aromatic hydroxyl groups is 1. The summed E-state index contributed by atoms with van der Waals surface area (Å²) in [6, 6.07) is 23.6. The predicted molar refractivity (Wildman–Crippen MR) is 103 cm³/mol. The molecule has 2 atom stereocenters. The van der Waals surface area contributed by atoms with Crippen LogP contribution in [0.25, 0.3) is 0 Å².